The molecule has 1 atom stereocenters. The third kappa shape index (κ3) is 3.59. The van der Waals surface area contributed by atoms with Gasteiger partial charge in [0.2, 0.25) is 0 Å². The Morgan fingerprint density at radius 3 is 2.96 bits per heavy atom. The van der Waals surface area contributed by atoms with Crippen LogP contribution in [0.15, 0.2) is 60.9 Å². The summed E-state index contributed by atoms with van der Waals surface area (Å²) in [6.45, 7) is 3.09. The van der Waals surface area contributed by atoms with Crippen LogP contribution in [0.1, 0.15) is 18.4 Å². The van der Waals surface area contributed by atoms with E-state index in [2.05, 4.69) is 51.6 Å². The second-order valence-electron chi connectivity index (χ2n) is 6.82. The zero-order chi connectivity index (χ0) is 17.1. The van der Waals surface area contributed by atoms with Gasteiger partial charge in [-0.25, -0.2) is 0 Å². The normalized spacial score (nSPS) is 18.3. The van der Waals surface area contributed by atoms with Crippen LogP contribution in [0.3, 0.4) is 0 Å². The molecule has 1 aliphatic rings. The van der Waals surface area contributed by atoms with E-state index in [4.69, 9.17) is 5.73 Å². The molecule has 0 spiro atoms. The van der Waals surface area contributed by atoms with E-state index < -0.39 is 0 Å². The molecule has 128 valence electrons. The molecule has 1 saturated heterocycles. The molecule has 2 heterocycles. The van der Waals surface area contributed by atoms with Crippen LogP contribution < -0.4 is 11.1 Å². The van der Waals surface area contributed by atoms with Gasteiger partial charge in [-0.3, -0.25) is 9.88 Å². The van der Waals surface area contributed by atoms with Crippen LogP contribution in [0, 0.1) is 0 Å². The maximum absolute atomic E-state index is 6.11. The maximum atomic E-state index is 6.11. The first-order valence-corrected chi connectivity index (χ1v) is 8.94. The Labute approximate surface area is 148 Å². The Bertz CT molecular complexity index is 856. The largest absolute Gasteiger partial charge is 0.398 e. The summed E-state index contributed by atoms with van der Waals surface area (Å²) in [5.74, 6) is 0. The molecule has 1 unspecified atom stereocenters. The number of nitrogens with two attached hydrogens (primary N) is 1. The lowest BCUT2D eigenvalue weighted by atomic mass is 10.0. The Balaban J connectivity index is 1.47. The highest BCUT2D eigenvalue weighted by Gasteiger charge is 2.20. The number of piperidine rings is 1. The van der Waals surface area contributed by atoms with Crippen molar-refractivity contribution >= 4 is 22.1 Å². The van der Waals surface area contributed by atoms with E-state index in [0.717, 1.165) is 25.3 Å². The molecule has 4 nitrogen and oxygen atoms in total. The number of likely N-dealkylation sites (tertiary alicyclic amines) is 1. The Morgan fingerprint density at radius 1 is 1.12 bits per heavy atom. The fourth-order valence-electron chi connectivity index (χ4n) is 3.70. The molecule has 3 N–H and O–H groups in total. The number of benzene rings is 2. The van der Waals surface area contributed by atoms with E-state index in [-0.39, 0.29) is 0 Å². The molecule has 1 aromatic heterocycles. The van der Waals surface area contributed by atoms with Crippen LogP contribution >= 0.6 is 0 Å². The molecule has 2 aromatic carbocycles. The number of pyridine rings is 1. The molecular formula is C21H24N4. The standard InChI is InChI=1S/C21H24N4/c22-20-8-2-1-5-17(20)14-25-12-4-7-18(15-25)24-21-9-3-6-16-13-23-11-10-19(16)21/h1-3,5-6,8-11,13,18,24H,4,7,12,14-15,22H2. The van der Waals surface area contributed by atoms with Crippen molar-refractivity contribution in [1.29, 1.82) is 0 Å². The minimum atomic E-state index is 0.456. The van der Waals surface area contributed by atoms with E-state index >= 15 is 0 Å². The number of nitrogen functional groups attached to an aromatic ring is 1. The topological polar surface area (TPSA) is 54.2 Å². The molecule has 25 heavy (non-hydrogen) atoms. The molecule has 1 aliphatic heterocycles. The summed E-state index contributed by atoms with van der Waals surface area (Å²) in [4.78, 5) is 6.72. The molecule has 0 radical (unpaired) electrons. The van der Waals surface area contributed by atoms with Crippen LogP contribution in [0.2, 0.25) is 0 Å². The second kappa shape index (κ2) is 7.11. The lowest BCUT2D eigenvalue weighted by Crippen LogP contribution is -2.41. The zero-order valence-electron chi connectivity index (χ0n) is 14.4. The van der Waals surface area contributed by atoms with Crippen molar-refractivity contribution in [2.75, 3.05) is 24.1 Å². The van der Waals surface area contributed by atoms with E-state index in [9.17, 15) is 0 Å². The molecule has 3 aromatic rings. The quantitative estimate of drug-likeness (QED) is 0.712. The molecule has 0 bridgehead atoms. The summed E-state index contributed by atoms with van der Waals surface area (Å²) >= 11 is 0. The first kappa shape index (κ1) is 15.9. The van der Waals surface area contributed by atoms with Gasteiger partial charge in [-0.1, -0.05) is 30.3 Å². The maximum Gasteiger partial charge on any atom is 0.0423 e. The highest BCUT2D eigenvalue weighted by atomic mass is 15.2. The highest BCUT2D eigenvalue weighted by molar-refractivity contribution is 5.93. The average molecular weight is 332 g/mol. The predicted molar refractivity (Wildman–Crippen MR) is 105 cm³/mol. The van der Waals surface area contributed by atoms with Gasteiger partial charge in [-0.05, 0) is 43.1 Å². The summed E-state index contributed by atoms with van der Waals surface area (Å²) in [5, 5.41) is 6.17. The number of aromatic nitrogens is 1. The van der Waals surface area contributed by atoms with Crippen LogP contribution in [-0.4, -0.2) is 29.0 Å². The summed E-state index contributed by atoms with van der Waals surface area (Å²) in [5.41, 5.74) is 9.42. The Kier molecular flexibility index (Phi) is 4.53. The van der Waals surface area contributed by atoms with Gasteiger partial charge in [0.15, 0.2) is 0 Å². The van der Waals surface area contributed by atoms with Crippen LogP contribution in [0.4, 0.5) is 11.4 Å². The minimum Gasteiger partial charge on any atom is -0.398 e. The highest BCUT2D eigenvalue weighted by Crippen LogP contribution is 2.25. The predicted octanol–water partition coefficient (Wildman–Crippen LogP) is 3.89. The van der Waals surface area contributed by atoms with Gasteiger partial charge in [-0.15, -0.1) is 0 Å². The summed E-state index contributed by atoms with van der Waals surface area (Å²) in [6, 6.07) is 17.1. The number of hydrogen-bond donors (Lipinski definition) is 2. The van der Waals surface area contributed by atoms with Crippen LogP contribution in [-0.2, 0) is 6.54 Å². The third-order valence-corrected chi connectivity index (χ3v) is 4.99. The number of nitrogens with zero attached hydrogens (tertiary/aromatic N) is 2. The van der Waals surface area contributed by atoms with Crippen LogP contribution in [0.5, 0.6) is 0 Å². The lowest BCUT2D eigenvalue weighted by Gasteiger charge is -2.34. The van der Waals surface area contributed by atoms with Crippen LogP contribution in [0.25, 0.3) is 10.8 Å². The van der Waals surface area contributed by atoms with Gasteiger partial charge in [0.1, 0.15) is 0 Å². The molecule has 0 amide bonds. The van der Waals surface area contributed by atoms with Gasteiger partial charge in [-0.2, -0.15) is 0 Å². The summed E-state index contributed by atoms with van der Waals surface area (Å²) < 4.78 is 0. The van der Waals surface area contributed by atoms with Crippen molar-refractivity contribution in [3.05, 3.63) is 66.5 Å². The van der Waals surface area contributed by atoms with Crippen molar-refractivity contribution in [3.8, 4) is 0 Å². The lowest BCUT2D eigenvalue weighted by molar-refractivity contribution is 0.209. The summed E-state index contributed by atoms with van der Waals surface area (Å²) in [7, 11) is 0. The first-order valence-electron chi connectivity index (χ1n) is 8.94. The smallest absolute Gasteiger partial charge is 0.0423 e. The van der Waals surface area contributed by atoms with Crippen molar-refractivity contribution in [1.82, 2.24) is 9.88 Å². The van der Waals surface area contributed by atoms with Gasteiger partial charge >= 0.3 is 0 Å². The minimum absolute atomic E-state index is 0.456. The first-order chi connectivity index (χ1) is 12.3. The van der Waals surface area contributed by atoms with E-state index in [1.807, 2.05) is 24.5 Å². The fraction of sp³-hybridized carbons (Fsp3) is 0.286. The number of para-hydroxylation sites is 1. The fourth-order valence-corrected chi connectivity index (χ4v) is 3.70. The number of anilines is 2. The van der Waals surface area contributed by atoms with Crippen molar-refractivity contribution in [2.45, 2.75) is 25.4 Å². The number of rotatable bonds is 4. The van der Waals surface area contributed by atoms with Gasteiger partial charge in [0.05, 0.1) is 0 Å². The average Bonchev–Trinajstić information content (AvgIpc) is 2.64. The van der Waals surface area contributed by atoms with E-state index in [0.29, 0.717) is 6.04 Å². The SMILES string of the molecule is Nc1ccccc1CN1CCCC(Nc2cccc3cnccc23)C1. The molecule has 0 aliphatic carbocycles. The zero-order valence-corrected chi connectivity index (χ0v) is 14.4. The molecule has 4 heteroatoms. The monoisotopic (exact) mass is 332 g/mol. The third-order valence-electron chi connectivity index (χ3n) is 4.99. The van der Waals surface area contributed by atoms with E-state index in [1.54, 1.807) is 0 Å². The molecule has 0 saturated carbocycles. The number of hydrogen-bond acceptors (Lipinski definition) is 4. The Morgan fingerprint density at radius 2 is 2.04 bits per heavy atom. The molecule has 4 rings (SSSR count). The molecular weight excluding hydrogens is 308 g/mol. The van der Waals surface area contributed by atoms with Crippen molar-refractivity contribution in [2.24, 2.45) is 0 Å². The second-order valence-corrected chi connectivity index (χ2v) is 6.82. The van der Waals surface area contributed by atoms with Gasteiger partial charge in [0.25, 0.3) is 0 Å². The van der Waals surface area contributed by atoms with Gasteiger partial charge < -0.3 is 11.1 Å². The number of nitrogens with one attached hydrogen (secondary N) is 1. The molecule has 1 fully saturated rings. The van der Waals surface area contributed by atoms with Crippen molar-refractivity contribution in [3.63, 3.8) is 0 Å². The summed E-state index contributed by atoms with van der Waals surface area (Å²) in [6.07, 6.45) is 6.18. The Hall–Kier alpha value is -2.59. The van der Waals surface area contributed by atoms with Gasteiger partial charge in [0, 0.05) is 53.7 Å². The van der Waals surface area contributed by atoms with Crippen molar-refractivity contribution < 1.29 is 0 Å². The number of fused-ring (bicyclic) bond motifs is 1. The van der Waals surface area contributed by atoms with E-state index in [1.165, 1.54) is 34.9 Å².